The van der Waals surface area contributed by atoms with Gasteiger partial charge >= 0.3 is 0 Å². The Balaban J connectivity index is 2.01. The lowest BCUT2D eigenvalue weighted by atomic mass is 10.1. The molecular weight excluding hydrogens is 238 g/mol. The molecule has 104 valence electrons. The second-order valence-corrected chi connectivity index (χ2v) is 5.41. The Hall–Kier alpha value is -1.71. The van der Waals surface area contributed by atoms with Crippen LogP contribution in [0.4, 0.5) is 11.4 Å². The van der Waals surface area contributed by atoms with Gasteiger partial charge in [-0.1, -0.05) is 12.1 Å². The Labute approximate surface area is 115 Å². The van der Waals surface area contributed by atoms with Crippen LogP contribution in [0.3, 0.4) is 0 Å². The maximum atomic E-state index is 11.8. The lowest BCUT2D eigenvalue weighted by Gasteiger charge is -2.37. The van der Waals surface area contributed by atoms with Crippen LogP contribution < -0.4 is 15.5 Å². The van der Waals surface area contributed by atoms with Crippen LogP contribution in [0.1, 0.15) is 27.2 Å². The number of hydrogen-bond donors (Lipinski definition) is 2. The molecule has 0 bridgehead atoms. The van der Waals surface area contributed by atoms with Crippen LogP contribution in [0.25, 0.3) is 0 Å². The Morgan fingerprint density at radius 2 is 2.21 bits per heavy atom. The average Bonchev–Trinajstić information content (AvgIpc) is 2.36. The summed E-state index contributed by atoms with van der Waals surface area (Å²) in [7, 11) is 0. The number of nitrogens with one attached hydrogen (secondary N) is 2. The second kappa shape index (κ2) is 5.95. The van der Waals surface area contributed by atoms with E-state index in [4.69, 9.17) is 0 Å². The van der Waals surface area contributed by atoms with Crippen molar-refractivity contribution in [2.75, 3.05) is 23.3 Å². The van der Waals surface area contributed by atoms with Gasteiger partial charge < -0.3 is 15.5 Å². The fourth-order valence-electron chi connectivity index (χ4n) is 2.44. The van der Waals surface area contributed by atoms with Gasteiger partial charge in [-0.15, -0.1) is 0 Å². The molecule has 4 heteroatoms. The number of hydrogen-bond acceptors (Lipinski definition) is 3. The first kappa shape index (κ1) is 13.7. The molecule has 0 fully saturated rings. The molecule has 0 aromatic heterocycles. The third kappa shape index (κ3) is 3.40. The van der Waals surface area contributed by atoms with E-state index in [-0.39, 0.29) is 11.9 Å². The van der Waals surface area contributed by atoms with Gasteiger partial charge in [-0.3, -0.25) is 4.79 Å². The maximum absolute atomic E-state index is 11.8. The summed E-state index contributed by atoms with van der Waals surface area (Å²) in [5.41, 5.74) is 2.35. The zero-order chi connectivity index (χ0) is 13.8. The number of amides is 1. The monoisotopic (exact) mass is 261 g/mol. The zero-order valence-corrected chi connectivity index (χ0v) is 11.9. The molecule has 2 N–H and O–H groups in total. The Bertz CT molecular complexity index is 445. The Kier molecular flexibility index (Phi) is 4.30. The van der Waals surface area contributed by atoms with Gasteiger partial charge in [-0.05, 0) is 32.9 Å². The minimum absolute atomic E-state index is 0.123. The van der Waals surface area contributed by atoms with Crippen molar-refractivity contribution in [1.29, 1.82) is 0 Å². The summed E-state index contributed by atoms with van der Waals surface area (Å²) >= 11 is 0. The molecular formula is C15H23N3O. The summed E-state index contributed by atoms with van der Waals surface area (Å²) in [6, 6.07) is 8.88. The highest BCUT2D eigenvalue weighted by molar-refractivity contribution is 5.78. The van der Waals surface area contributed by atoms with Gasteiger partial charge in [-0.2, -0.15) is 0 Å². The lowest BCUT2D eigenvalue weighted by molar-refractivity contribution is -0.121. The van der Waals surface area contributed by atoms with Crippen molar-refractivity contribution in [3.63, 3.8) is 0 Å². The number of fused-ring (bicyclic) bond motifs is 1. The van der Waals surface area contributed by atoms with Crippen LogP contribution in [0.5, 0.6) is 0 Å². The molecule has 1 aromatic carbocycles. The molecule has 19 heavy (non-hydrogen) atoms. The molecule has 1 unspecified atom stereocenters. The normalized spacial score (nSPS) is 17.9. The van der Waals surface area contributed by atoms with E-state index in [1.165, 1.54) is 5.69 Å². The number of nitrogens with zero attached hydrogens (tertiary/aromatic N) is 1. The number of benzene rings is 1. The van der Waals surface area contributed by atoms with Gasteiger partial charge in [0.2, 0.25) is 5.91 Å². The first-order chi connectivity index (χ1) is 9.08. The van der Waals surface area contributed by atoms with Gasteiger partial charge in [-0.25, -0.2) is 0 Å². The topological polar surface area (TPSA) is 44.4 Å². The summed E-state index contributed by atoms with van der Waals surface area (Å²) in [5, 5.41) is 6.36. The Morgan fingerprint density at radius 3 is 2.95 bits per heavy atom. The highest BCUT2D eigenvalue weighted by Crippen LogP contribution is 2.30. The molecule has 2 rings (SSSR count). The van der Waals surface area contributed by atoms with Gasteiger partial charge in [0, 0.05) is 31.6 Å². The van der Waals surface area contributed by atoms with Crippen molar-refractivity contribution in [1.82, 2.24) is 5.32 Å². The van der Waals surface area contributed by atoms with E-state index in [0.717, 1.165) is 18.8 Å². The highest BCUT2D eigenvalue weighted by Gasteiger charge is 2.22. The van der Waals surface area contributed by atoms with Gasteiger partial charge in [0.05, 0.1) is 11.4 Å². The fraction of sp³-hybridized carbons (Fsp3) is 0.533. The van der Waals surface area contributed by atoms with E-state index in [1.54, 1.807) is 0 Å². The van der Waals surface area contributed by atoms with Crippen molar-refractivity contribution < 1.29 is 4.79 Å². The zero-order valence-electron chi connectivity index (χ0n) is 11.9. The van der Waals surface area contributed by atoms with Crippen molar-refractivity contribution in [3.05, 3.63) is 24.3 Å². The van der Waals surface area contributed by atoms with Crippen molar-refractivity contribution in [3.8, 4) is 0 Å². The Morgan fingerprint density at radius 1 is 1.47 bits per heavy atom. The van der Waals surface area contributed by atoms with Crippen LogP contribution in [0.2, 0.25) is 0 Å². The van der Waals surface area contributed by atoms with Gasteiger partial charge in [0.1, 0.15) is 0 Å². The van der Waals surface area contributed by atoms with E-state index in [2.05, 4.69) is 34.6 Å². The molecule has 0 aliphatic carbocycles. The summed E-state index contributed by atoms with van der Waals surface area (Å²) in [6.07, 6.45) is 0.539. The predicted molar refractivity (Wildman–Crippen MR) is 79.6 cm³/mol. The molecule has 1 atom stereocenters. The molecule has 1 aromatic rings. The molecule has 4 nitrogen and oxygen atoms in total. The second-order valence-electron chi connectivity index (χ2n) is 5.41. The van der Waals surface area contributed by atoms with Crippen molar-refractivity contribution in [2.45, 2.75) is 39.3 Å². The molecule has 0 saturated carbocycles. The van der Waals surface area contributed by atoms with Crippen LogP contribution in [0.15, 0.2) is 24.3 Å². The van der Waals surface area contributed by atoms with E-state index in [9.17, 15) is 4.79 Å². The van der Waals surface area contributed by atoms with Crippen LogP contribution in [-0.2, 0) is 4.79 Å². The third-order valence-electron chi connectivity index (χ3n) is 3.36. The van der Waals surface area contributed by atoms with Gasteiger partial charge in [0.15, 0.2) is 0 Å². The van der Waals surface area contributed by atoms with Gasteiger partial charge in [0.25, 0.3) is 0 Å². The SMILES string of the molecule is CC(C)NC(=O)CCN1c2ccccc2NCC1C. The van der Waals surface area contributed by atoms with E-state index in [1.807, 2.05) is 26.0 Å². The number of carbonyl (C=O) groups is 1. The first-order valence-electron chi connectivity index (χ1n) is 6.97. The average molecular weight is 261 g/mol. The third-order valence-corrected chi connectivity index (χ3v) is 3.36. The van der Waals surface area contributed by atoms with E-state index >= 15 is 0 Å². The van der Waals surface area contributed by atoms with Crippen LogP contribution in [0, 0.1) is 0 Å². The predicted octanol–water partition coefficient (Wildman–Crippen LogP) is 2.22. The number of carbonyl (C=O) groups excluding carboxylic acids is 1. The van der Waals surface area contributed by atoms with Crippen LogP contribution in [-0.4, -0.2) is 31.1 Å². The van der Waals surface area contributed by atoms with Crippen LogP contribution >= 0.6 is 0 Å². The molecule has 1 aliphatic heterocycles. The highest BCUT2D eigenvalue weighted by atomic mass is 16.1. The smallest absolute Gasteiger partial charge is 0.221 e. The minimum Gasteiger partial charge on any atom is -0.381 e. The van der Waals surface area contributed by atoms with Crippen molar-refractivity contribution >= 4 is 17.3 Å². The number of rotatable bonds is 4. The molecule has 0 saturated heterocycles. The molecule has 0 spiro atoms. The number of anilines is 2. The molecule has 1 heterocycles. The standard InChI is InChI=1S/C15H23N3O/c1-11(2)17-15(19)8-9-18-12(3)10-16-13-6-4-5-7-14(13)18/h4-7,11-12,16H,8-10H2,1-3H3,(H,17,19). The molecule has 0 radical (unpaired) electrons. The summed E-state index contributed by atoms with van der Waals surface area (Å²) < 4.78 is 0. The quantitative estimate of drug-likeness (QED) is 0.873. The van der Waals surface area contributed by atoms with E-state index in [0.29, 0.717) is 12.5 Å². The number of para-hydroxylation sites is 2. The minimum atomic E-state index is 0.123. The fourth-order valence-corrected chi connectivity index (χ4v) is 2.44. The summed E-state index contributed by atoms with van der Waals surface area (Å²) in [4.78, 5) is 14.1. The van der Waals surface area contributed by atoms with E-state index < -0.39 is 0 Å². The molecule has 1 amide bonds. The lowest BCUT2D eigenvalue weighted by Crippen LogP contribution is -2.44. The maximum Gasteiger partial charge on any atom is 0.221 e. The van der Waals surface area contributed by atoms with Crippen molar-refractivity contribution in [2.24, 2.45) is 0 Å². The largest absolute Gasteiger partial charge is 0.381 e. The first-order valence-corrected chi connectivity index (χ1v) is 6.97. The summed E-state index contributed by atoms with van der Waals surface area (Å²) in [5.74, 6) is 0.123. The summed E-state index contributed by atoms with van der Waals surface area (Å²) in [6.45, 7) is 7.84. The molecule has 1 aliphatic rings.